The molecule has 1 aromatic heterocycles. The number of carbonyl (C=O) groups excluding carboxylic acids is 2. The molecular weight excluding hydrogens is 408 g/mol. The second kappa shape index (κ2) is 8.05. The number of amides is 3. The molecular formula is C23H29N6O3+. The third-order valence-corrected chi connectivity index (χ3v) is 6.63. The number of hydrogen-bond acceptors (Lipinski definition) is 5. The summed E-state index contributed by atoms with van der Waals surface area (Å²) in [5, 5.41) is 0. The molecule has 4 heterocycles. The Labute approximate surface area is 187 Å². The van der Waals surface area contributed by atoms with Gasteiger partial charge in [0.05, 0.1) is 7.11 Å². The number of likely N-dealkylation sites (N-methyl/N-ethyl adjacent to an activating group) is 1. The number of aromatic nitrogens is 2. The molecule has 0 aliphatic carbocycles. The van der Waals surface area contributed by atoms with Gasteiger partial charge in [0.15, 0.2) is 0 Å². The van der Waals surface area contributed by atoms with Crippen molar-refractivity contribution in [1.29, 1.82) is 0 Å². The molecule has 1 unspecified atom stereocenters. The Morgan fingerprint density at radius 3 is 2.50 bits per heavy atom. The van der Waals surface area contributed by atoms with Crippen LogP contribution in [0.3, 0.4) is 0 Å². The summed E-state index contributed by atoms with van der Waals surface area (Å²) >= 11 is 0. The molecule has 0 spiro atoms. The fraction of sp³-hybridized carbons (Fsp3) is 0.478. The van der Waals surface area contributed by atoms with Crippen LogP contribution in [-0.2, 0) is 4.79 Å². The number of carbonyl (C=O) groups is 2. The van der Waals surface area contributed by atoms with Crippen molar-refractivity contribution in [2.75, 3.05) is 40.3 Å². The molecule has 2 fully saturated rings. The second-order valence-electron chi connectivity index (χ2n) is 8.62. The number of amidine groups is 1. The molecule has 168 valence electrons. The number of rotatable bonds is 5. The number of imidazole rings is 1. The summed E-state index contributed by atoms with van der Waals surface area (Å²) in [5.41, 5.74) is 1.88. The van der Waals surface area contributed by atoms with Crippen LogP contribution in [0.4, 0.5) is 10.7 Å². The molecule has 2 aromatic rings. The number of hydrogen-bond donors (Lipinski definition) is 0. The highest BCUT2D eigenvalue weighted by Gasteiger charge is 2.53. The van der Waals surface area contributed by atoms with E-state index >= 15 is 0 Å². The van der Waals surface area contributed by atoms with Crippen molar-refractivity contribution in [3.8, 4) is 11.4 Å². The average molecular weight is 438 g/mol. The maximum Gasteiger partial charge on any atom is 0.406 e. The summed E-state index contributed by atoms with van der Waals surface area (Å²) in [6.07, 6.45) is 5.55. The summed E-state index contributed by atoms with van der Waals surface area (Å²) < 4.78 is 9.14. The lowest BCUT2D eigenvalue weighted by Gasteiger charge is -2.35. The van der Waals surface area contributed by atoms with E-state index in [1.54, 1.807) is 14.2 Å². The normalized spacial score (nSPS) is 21.0. The van der Waals surface area contributed by atoms with Gasteiger partial charge in [0, 0.05) is 20.1 Å². The first-order valence-corrected chi connectivity index (χ1v) is 11.2. The summed E-state index contributed by atoms with van der Waals surface area (Å²) in [5.74, 6) is 1.68. The van der Waals surface area contributed by atoms with Crippen LogP contribution in [0.25, 0.3) is 5.69 Å². The quantitative estimate of drug-likeness (QED) is 0.671. The zero-order valence-electron chi connectivity index (χ0n) is 18.8. The highest BCUT2D eigenvalue weighted by molar-refractivity contribution is 6.19. The highest BCUT2D eigenvalue weighted by Crippen LogP contribution is 2.31. The molecule has 1 aromatic carbocycles. The Balaban J connectivity index is 1.45. The number of aliphatic imine (C=N–C) groups is 1. The number of aryl methyl sites for hydroxylation is 1. The van der Waals surface area contributed by atoms with Crippen LogP contribution in [0, 0.1) is 6.92 Å². The lowest BCUT2D eigenvalue weighted by molar-refractivity contribution is -0.676. The van der Waals surface area contributed by atoms with Crippen LogP contribution >= 0.6 is 0 Å². The zero-order chi connectivity index (χ0) is 22.4. The largest absolute Gasteiger partial charge is 0.497 e. The lowest BCUT2D eigenvalue weighted by Crippen LogP contribution is -2.63. The van der Waals surface area contributed by atoms with Gasteiger partial charge in [0.1, 0.15) is 23.3 Å². The minimum Gasteiger partial charge on any atom is -0.497 e. The summed E-state index contributed by atoms with van der Waals surface area (Å²) in [4.78, 5) is 36.5. The summed E-state index contributed by atoms with van der Waals surface area (Å²) in [7, 11) is 3.33. The number of likely N-dealkylation sites (tertiary alicyclic amines) is 1. The molecule has 3 amide bonds. The minimum atomic E-state index is -0.618. The van der Waals surface area contributed by atoms with Crippen LogP contribution in [0.5, 0.6) is 5.75 Å². The molecule has 2 saturated heterocycles. The van der Waals surface area contributed by atoms with Gasteiger partial charge < -0.3 is 9.64 Å². The van der Waals surface area contributed by atoms with Gasteiger partial charge in [0.25, 0.3) is 5.91 Å². The number of fused-ring (bicyclic) bond motifs is 3. The molecule has 9 heteroatoms. The SMILES string of the molecule is COc1ccc(-n2c(C)c[n+]3c2N=C2C3C(=O)N(CCN3CCCCC3)C(=O)N2C)cc1. The molecule has 3 aliphatic heterocycles. The maximum absolute atomic E-state index is 13.5. The smallest absolute Gasteiger partial charge is 0.406 e. The molecule has 3 aliphatic rings. The zero-order valence-corrected chi connectivity index (χ0v) is 18.8. The van der Waals surface area contributed by atoms with E-state index in [1.165, 1.54) is 29.1 Å². The monoisotopic (exact) mass is 437 g/mol. The third-order valence-electron chi connectivity index (χ3n) is 6.63. The highest BCUT2D eigenvalue weighted by atomic mass is 16.5. The van der Waals surface area contributed by atoms with Crippen molar-refractivity contribution >= 4 is 23.7 Å². The minimum absolute atomic E-state index is 0.209. The van der Waals surface area contributed by atoms with E-state index in [0.29, 0.717) is 24.9 Å². The topological polar surface area (TPSA) is 74.3 Å². The molecule has 0 N–H and O–H groups in total. The maximum atomic E-state index is 13.5. The molecule has 5 rings (SSSR count). The van der Waals surface area contributed by atoms with E-state index in [0.717, 1.165) is 30.2 Å². The summed E-state index contributed by atoms with van der Waals surface area (Å²) in [6, 6.07) is 6.77. The number of urea groups is 1. The molecule has 0 saturated carbocycles. The Kier molecular flexibility index (Phi) is 5.21. The van der Waals surface area contributed by atoms with Gasteiger partial charge in [-0.05, 0) is 57.1 Å². The first-order valence-electron chi connectivity index (χ1n) is 11.2. The molecule has 0 bridgehead atoms. The van der Waals surface area contributed by atoms with E-state index in [4.69, 9.17) is 9.73 Å². The van der Waals surface area contributed by atoms with Crippen molar-refractivity contribution in [3.05, 3.63) is 36.2 Å². The van der Waals surface area contributed by atoms with Crippen molar-refractivity contribution in [2.45, 2.75) is 32.2 Å². The van der Waals surface area contributed by atoms with Crippen LogP contribution in [0.15, 0.2) is 35.5 Å². The van der Waals surface area contributed by atoms with Gasteiger partial charge in [-0.2, -0.15) is 4.57 Å². The van der Waals surface area contributed by atoms with Gasteiger partial charge in [0.2, 0.25) is 11.9 Å². The van der Waals surface area contributed by atoms with Crippen molar-refractivity contribution in [3.63, 3.8) is 0 Å². The van der Waals surface area contributed by atoms with Crippen LogP contribution in [0.1, 0.15) is 31.0 Å². The second-order valence-corrected chi connectivity index (χ2v) is 8.62. The standard InChI is InChI=1S/C23H29N6O3/c1-16-15-28-19-20(24-22(28)29(16)17-7-9-18(32-3)10-8-17)25(2)23(31)27(21(19)30)14-13-26-11-5-4-6-12-26/h7-10,15,19H,4-6,11-14H2,1-3H3/q+1. The van der Waals surface area contributed by atoms with E-state index in [-0.39, 0.29) is 11.9 Å². The average Bonchev–Trinajstić information content (AvgIpc) is 3.33. The van der Waals surface area contributed by atoms with Crippen LogP contribution < -0.4 is 9.30 Å². The number of piperidine rings is 1. The molecule has 1 atom stereocenters. The van der Waals surface area contributed by atoms with Crippen LogP contribution in [0.2, 0.25) is 0 Å². The van der Waals surface area contributed by atoms with Gasteiger partial charge in [-0.3, -0.25) is 14.6 Å². The Morgan fingerprint density at radius 2 is 1.81 bits per heavy atom. The lowest BCUT2D eigenvalue weighted by atomic mass is 10.1. The Morgan fingerprint density at radius 1 is 1.09 bits per heavy atom. The molecule has 9 nitrogen and oxygen atoms in total. The van der Waals surface area contributed by atoms with E-state index in [2.05, 4.69) is 4.90 Å². The number of nitrogens with zero attached hydrogens (tertiary/aromatic N) is 6. The van der Waals surface area contributed by atoms with Gasteiger partial charge in [-0.25, -0.2) is 9.36 Å². The predicted molar refractivity (Wildman–Crippen MR) is 119 cm³/mol. The van der Waals surface area contributed by atoms with Gasteiger partial charge >= 0.3 is 12.0 Å². The van der Waals surface area contributed by atoms with Crippen molar-refractivity contribution in [2.24, 2.45) is 4.99 Å². The van der Waals surface area contributed by atoms with Crippen molar-refractivity contribution in [1.82, 2.24) is 19.3 Å². The number of ether oxygens (including phenoxy) is 1. The number of imide groups is 1. The Bertz CT molecular complexity index is 1080. The predicted octanol–water partition coefficient (Wildman–Crippen LogP) is 2.05. The van der Waals surface area contributed by atoms with E-state index < -0.39 is 6.04 Å². The third kappa shape index (κ3) is 3.28. The van der Waals surface area contributed by atoms with Crippen molar-refractivity contribution < 1.29 is 18.9 Å². The Hall–Kier alpha value is -3.20. The van der Waals surface area contributed by atoms with Crippen LogP contribution in [-0.4, -0.2) is 77.4 Å². The number of methoxy groups -OCH3 is 1. The summed E-state index contributed by atoms with van der Waals surface area (Å²) in [6.45, 7) is 5.17. The molecule has 0 radical (unpaired) electrons. The fourth-order valence-corrected chi connectivity index (χ4v) is 4.87. The van der Waals surface area contributed by atoms with Gasteiger partial charge in [-0.15, -0.1) is 0 Å². The van der Waals surface area contributed by atoms with E-state index in [1.807, 2.05) is 46.5 Å². The van der Waals surface area contributed by atoms with Gasteiger partial charge in [-0.1, -0.05) is 11.4 Å². The first-order chi connectivity index (χ1) is 15.5. The fourth-order valence-electron chi connectivity index (χ4n) is 4.87. The van der Waals surface area contributed by atoms with E-state index in [9.17, 15) is 9.59 Å². The number of benzene rings is 1. The molecule has 32 heavy (non-hydrogen) atoms. The first kappa shape index (κ1) is 20.7.